The first kappa shape index (κ1) is 15.1. The fraction of sp³-hybridized carbons (Fsp3) is 0.800. The first-order chi connectivity index (χ1) is 10.0. The number of hydrogen-bond acceptors (Lipinski definition) is 4. The minimum Gasteiger partial charge on any atom is -0.368 e. The molecule has 0 saturated carbocycles. The Balaban J connectivity index is 1.46. The van der Waals surface area contributed by atoms with Gasteiger partial charge in [0.15, 0.2) is 0 Å². The predicted octanol–water partition coefficient (Wildman–Crippen LogP) is 1.85. The van der Waals surface area contributed by atoms with Crippen LogP contribution in [-0.4, -0.2) is 50.6 Å². The van der Waals surface area contributed by atoms with Crippen molar-refractivity contribution >= 4 is 13.8 Å². The molecule has 0 bridgehead atoms. The van der Waals surface area contributed by atoms with Crippen LogP contribution in [0.3, 0.4) is 0 Å². The molecule has 0 spiro atoms. The summed E-state index contributed by atoms with van der Waals surface area (Å²) in [5.74, 6) is 1.64. The lowest BCUT2D eigenvalue weighted by Gasteiger charge is -2.17. The van der Waals surface area contributed by atoms with E-state index in [4.69, 9.17) is 4.74 Å². The SMILES string of the molecule is C[Si](C)(C)CCOCn1cc(N2CC3CNCC3C2)cn1. The highest BCUT2D eigenvalue weighted by molar-refractivity contribution is 6.76. The Morgan fingerprint density at radius 2 is 2.00 bits per heavy atom. The van der Waals surface area contributed by atoms with E-state index in [1.165, 1.54) is 37.9 Å². The van der Waals surface area contributed by atoms with Gasteiger partial charge in [0.25, 0.3) is 0 Å². The van der Waals surface area contributed by atoms with E-state index in [-0.39, 0.29) is 0 Å². The van der Waals surface area contributed by atoms with Crippen LogP contribution in [0.25, 0.3) is 0 Å². The maximum absolute atomic E-state index is 5.75. The molecule has 118 valence electrons. The molecule has 21 heavy (non-hydrogen) atoms. The molecule has 0 radical (unpaired) electrons. The maximum Gasteiger partial charge on any atom is 0.139 e. The van der Waals surface area contributed by atoms with Gasteiger partial charge < -0.3 is 15.0 Å². The molecule has 0 aromatic carbocycles. The van der Waals surface area contributed by atoms with Crippen LogP contribution in [0, 0.1) is 11.8 Å². The van der Waals surface area contributed by atoms with Crippen molar-refractivity contribution in [1.82, 2.24) is 15.1 Å². The van der Waals surface area contributed by atoms with Crippen molar-refractivity contribution in [3.05, 3.63) is 12.4 Å². The third-order valence-corrected chi connectivity index (χ3v) is 6.30. The number of nitrogens with one attached hydrogen (secondary N) is 1. The molecule has 2 saturated heterocycles. The van der Waals surface area contributed by atoms with Crippen molar-refractivity contribution in [1.29, 1.82) is 0 Å². The van der Waals surface area contributed by atoms with Gasteiger partial charge in [-0.3, -0.25) is 0 Å². The topological polar surface area (TPSA) is 42.3 Å². The Kier molecular flexibility index (Phi) is 4.38. The zero-order chi connectivity index (χ0) is 14.9. The molecule has 3 heterocycles. The molecule has 0 aliphatic carbocycles. The quantitative estimate of drug-likeness (QED) is 0.643. The average Bonchev–Trinajstić information content (AvgIpc) is 3.07. The fourth-order valence-corrected chi connectivity index (χ4v) is 3.95. The molecule has 2 aliphatic heterocycles. The van der Waals surface area contributed by atoms with Crippen LogP contribution in [0.1, 0.15) is 0 Å². The highest BCUT2D eigenvalue weighted by Gasteiger charge is 2.36. The summed E-state index contributed by atoms with van der Waals surface area (Å²) in [7, 11) is -0.993. The molecule has 1 aromatic rings. The summed E-state index contributed by atoms with van der Waals surface area (Å²) in [5, 5.41) is 7.92. The van der Waals surface area contributed by atoms with E-state index in [9.17, 15) is 0 Å². The summed E-state index contributed by atoms with van der Waals surface area (Å²) >= 11 is 0. The van der Waals surface area contributed by atoms with Gasteiger partial charge in [-0.1, -0.05) is 19.6 Å². The van der Waals surface area contributed by atoms with E-state index in [0.29, 0.717) is 6.73 Å². The molecule has 1 aromatic heterocycles. The first-order valence-electron chi connectivity index (χ1n) is 8.07. The Morgan fingerprint density at radius 3 is 2.67 bits per heavy atom. The van der Waals surface area contributed by atoms with Gasteiger partial charge in [0.1, 0.15) is 6.73 Å². The number of aromatic nitrogens is 2. The van der Waals surface area contributed by atoms with Gasteiger partial charge in [-0.25, -0.2) is 4.68 Å². The van der Waals surface area contributed by atoms with E-state index in [0.717, 1.165) is 18.4 Å². The second kappa shape index (κ2) is 6.10. The van der Waals surface area contributed by atoms with E-state index >= 15 is 0 Å². The number of hydrogen-bond donors (Lipinski definition) is 1. The summed E-state index contributed by atoms with van der Waals surface area (Å²) in [4.78, 5) is 2.47. The monoisotopic (exact) mass is 308 g/mol. The third-order valence-electron chi connectivity index (χ3n) is 4.59. The number of ether oxygens (including phenoxy) is 1. The molecule has 2 unspecified atom stereocenters. The van der Waals surface area contributed by atoms with E-state index < -0.39 is 8.07 Å². The Hall–Kier alpha value is -0.853. The summed E-state index contributed by atoms with van der Waals surface area (Å²) in [6.07, 6.45) is 4.11. The van der Waals surface area contributed by atoms with Crippen LogP contribution in [-0.2, 0) is 11.5 Å². The minimum absolute atomic E-state index is 0.576. The van der Waals surface area contributed by atoms with Gasteiger partial charge in [0.05, 0.1) is 18.1 Å². The highest BCUT2D eigenvalue weighted by Crippen LogP contribution is 2.30. The molecule has 3 rings (SSSR count). The zero-order valence-electron chi connectivity index (χ0n) is 13.5. The number of nitrogens with zero attached hydrogens (tertiary/aromatic N) is 3. The molecule has 5 nitrogen and oxygen atoms in total. The van der Waals surface area contributed by atoms with Crippen molar-refractivity contribution in [2.45, 2.75) is 32.4 Å². The van der Waals surface area contributed by atoms with Gasteiger partial charge in [-0.2, -0.15) is 5.10 Å². The Labute approximate surface area is 128 Å². The van der Waals surface area contributed by atoms with Crippen LogP contribution in [0.5, 0.6) is 0 Å². The predicted molar refractivity (Wildman–Crippen MR) is 88.4 cm³/mol. The Morgan fingerprint density at radius 1 is 1.29 bits per heavy atom. The van der Waals surface area contributed by atoms with Crippen LogP contribution >= 0.6 is 0 Å². The van der Waals surface area contributed by atoms with Gasteiger partial charge >= 0.3 is 0 Å². The van der Waals surface area contributed by atoms with Crippen molar-refractivity contribution in [2.24, 2.45) is 11.8 Å². The number of anilines is 1. The summed E-state index contributed by atoms with van der Waals surface area (Å²) in [6, 6.07) is 1.21. The van der Waals surface area contributed by atoms with Crippen LogP contribution in [0.2, 0.25) is 25.7 Å². The van der Waals surface area contributed by atoms with Gasteiger partial charge in [0, 0.05) is 40.9 Å². The molecule has 2 fully saturated rings. The normalized spacial score (nSPS) is 25.6. The van der Waals surface area contributed by atoms with Gasteiger partial charge in [-0.05, 0) is 17.9 Å². The second-order valence-corrected chi connectivity index (χ2v) is 13.3. The van der Waals surface area contributed by atoms with Crippen LogP contribution < -0.4 is 10.2 Å². The Bertz CT molecular complexity index is 458. The largest absolute Gasteiger partial charge is 0.368 e. The summed E-state index contributed by atoms with van der Waals surface area (Å²) < 4.78 is 7.68. The van der Waals surface area contributed by atoms with Crippen LogP contribution in [0.15, 0.2) is 12.4 Å². The van der Waals surface area contributed by atoms with Gasteiger partial charge in [-0.15, -0.1) is 0 Å². The van der Waals surface area contributed by atoms with E-state index in [1.54, 1.807) is 0 Å². The smallest absolute Gasteiger partial charge is 0.139 e. The molecule has 2 atom stereocenters. The molecule has 0 amide bonds. The third kappa shape index (κ3) is 3.87. The lowest BCUT2D eigenvalue weighted by Crippen LogP contribution is -2.25. The van der Waals surface area contributed by atoms with Gasteiger partial charge in [0.2, 0.25) is 0 Å². The molecule has 1 N–H and O–H groups in total. The lowest BCUT2D eigenvalue weighted by atomic mass is 10.0. The fourth-order valence-electron chi connectivity index (χ4n) is 3.19. The average molecular weight is 309 g/mol. The summed E-state index contributed by atoms with van der Waals surface area (Å²) in [5.41, 5.74) is 1.25. The van der Waals surface area contributed by atoms with Crippen LogP contribution in [0.4, 0.5) is 5.69 Å². The number of rotatable bonds is 6. The first-order valence-corrected chi connectivity index (χ1v) is 11.8. The standard InChI is InChI=1S/C15H28N4OSi/c1-21(2,3)5-4-20-12-19-11-15(8-17-19)18-9-13-6-16-7-14(13)10-18/h8,11,13-14,16H,4-7,9-10,12H2,1-3H3. The van der Waals surface area contributed by atoms with E-state index in [1.807, 2.05) is 10.9 Å². The highest BCUT2D eigenvalue weighted by atomic mass is 28.3. The summed E-state index contributed by atoms with van der Waals surface area (Å²) in [6.45, 7) is 13.2. The lowest BCUT2D eigenvalue weighted by molar-refractivity contribution is 0.0786. The minimum atomic E-state index is -0.993. The molecular formula is C15H28N4OSi. The van der Waals surface area contributed by atoms with Crippen molar-refractivity contribution in [3.63, 3.8) is 0 Å². The van der Waals surface area contributed by atoms with Crippen molar-refractivity contribution in [3.8, 4) is 0 Å². The van der Waals surface area contributed by atoms with Crippen molar-refractivity contribution < 1.29 is 4.74 Å². The van der Waals surface area contributed by atoms with E-state index in [2.05, 4.69) is 41.2 Å². The van der Waals surface area contributed by atoms with Crippen molar-refractivity contribution in [2.75, 3.05) is 37.7 Å². The molecule has 2 aliphatic rings. The zero-order valence-corrected chi connectivity index (χ0v) is 14.5. The number of fused-ring (bicyclic) bond motifs is 1. The molecular weight excluding hydrogens is 280 g/mol. The second-order valence-electron chi connectivity index (χ2n) is 7.67. The maximum atomic E-state index is 5.75. The molecule has 6 heteroatoms.